The SMILES string of the molecule is CCCCCC[Si](OCC)(OC(F)(F)C(F)F)OC(F)(F)C(F)(F)F. The molecule has 0 rings (SSSR count). The number of unbranched alkanes of at least 4 members (excludes halogenated alkanes) is 3. The highest BCUT2D eigenvalue weighted by Crippen LogP contribution is 2.42. The van der Waals surface area contributed by atoms with Crippen LogP contribution in [0.2, 0.25) is 6.04 Å². The summed E-state index contributed by atoms with van der Waals surface area (Å²) < 4.78 is 126. The van der Waals surface area contributed by atoms with Crippen molar-refractivity contribution in [3.63, 3.8) is 0 Å². The molecule has 3 nitrogen and oxygen atoms in total. The quantitative estimate of drug-likeness (QED) is 0.239. The third-order valence-corrected chi connectivity index (χ3v) is 5.71. The van der Waals surface area contributed by atoms with Gasteiger partial charge in [0.05, 0.1) is 0 Å². The number of halogens is 9. The van der Waals surface area contributed by atoms with E-state index in [1.54, 1.807) is 6.92 Å². The molecule has 13 heteroatoms. The van der Waals surface area contributed by atoms with Crippen LogP contribution in [0.25, 0.3) is 0 Å². The van der Waals surface area contributed by atoms with Crippen molar-refractivity contribution in [2.24, 2.45) is 0 Å². The molecule has 0 aromatic rings. The minimum absolute atomic E-state index is 0.173. The fraction of sp³-hybridized carbons (Fsp3) is 1.00. The molecule has 0 radical (unpaired) electrons. The molecule has 0 aromatic heterocycles. The van der Waals surface area contributed by atoms with Crippen LogP contribution in [0.4, 0.5) is 39.5 Å². The van der Waals surface area contributed by atoms with E-state index < -0.39 is 46.3 Å². The maximum Gasteiger partial charge on any atom is 0.509 e. The molecule has 1 unspecified atom stereocenters. The normalized spacial score (nSPS) is 16.3. The van der Waals surface area contributed by atoms with Gasteiger partial charge in [-0.25, -0.2) is 8.78 Å². The summed E-state index contributed by atoms with van der Waals surface area (Å²) in [5.41, 5.74) is 0. The highest BCUT2D eigenvalue weighted by Gasteiger charge is 2.67. The van der Waals surface area contributed by atoms with Crippen LogP contribution < -0.4 is 0 Å². The molecule has 0 aliphatic carbocycles. The Balaban J connectivity index is 5.61. The maximum atomic E-state index is 13.2. The molecule has 0 amide bonds. The summed E-state index contributed by atoms with van der Waals surface area (Å²) in [7, 11) is -5.49. The standard InChI is InChI=1S/C12H19F9O3Si/c1-3-5-6-7-8-25(22-4-2,23-10(15,16)9(13)14)24-12(20,21)11(17,18)19/h9H,3-8H2,1-2H3. The lowest BCUT2D eigenvalue weighted by Crippen LogP contribution is -2.58. The second-order valence-electron chi connectivity index (χ2n) is 5.01. The van der Waals surface area contributed by atoms with Gasteiger partial charge in [-0.3, -0.25) is 0 Å². The second-order valence-corrected chi connectivity index (χ2v) is 7.57. The van der Waals surface area contributed by atoms with Gasteiger partial charge in [0.25, 0.3) is 0 Å². The van der Waals surface area contributed by atoms with Crippen molar-refractivity contribution >= 4 is 8.80 Å². The minimum atomic E-state index is -6.25. The van der Waals surface area contributed by atoms with E-state index in [0.29, 0.717) is 12.8 Å². The Morgan fingerprint density at radius 1 is 0.840 bits per heavy atom. The number of rotatable bonds is 12. The van der Waals surface area contributed by atoms with Crippen molar-refractivity contribution in [1.29, 1.82) is 0 Å². The zero-order chi connectivity index (χ0) is 19.9. The zero-order valence-electron chi connectivity index (χ0n) is 13.4. The first-order valence-electron chi connectivity index (χ1n) is 7.38. The topological polar surface area (TPSA) is 27.7 Å². The van der Waals surface area contributed by atoms with Crippen LogP contribution in [-0.4, -0.2) is 40.2 Å². The first-order valence-corrected chi connectivity index (χ1v) is 9.31. The first-order chi connectivity index (χ1) is 11.2. The van der Waals surface area contributed by atoms with Gasteiger partial charge in [0.15, 0.2) is 0 Å². The molecule has 0 aliphatic rings. The summed E-state index contributed by atoms with van der Waals surface area (Å²) in [5, 5.41) is 0. The minimum Gasteiger partial charge on any atom is -0.374 e. The number of alkyl halides is 9. The highest BCUT2D eigenvalue weighted by molar-refractivity contribution is 6.60. The highest BCUT2D eigenvalue weighted by atomic mass is 28.4. The van der Waals surface area contributed by atoms with Crippen LogP contribution in [0.15, 0.2) is 0 Å². The van der Waals surface area contributed by atoms with Crippen molar-refractivity contribution in [1.82, 2.24) is 0 Å². The summed E-state index contributed by atoms with van der Waals surface area (Å²) in [6.07, 6.45) is -20.7. The molecule has 0 N–H and O–H groups in total. The van der Waals surface area contributed by atoms with Crippen LogP contribution in [0, 0.1) is 0 Å². The van der Waals surface area contributed by atoms with E-state index in [4.69, 9.17) is 0 Å². The van der Waals surface area contributed by atoms with Crippen molar-refractivity contribution < 1.29 is 52.8 Å². The van der Waals surface area contributed by atoms with Crippen molar-refractivity contribution in [2.45, 2.75) is 70.4 Å². The summed E-state index contributed by atoms with van der Waals surface area (Å²) >= 11 is 0. The van der Waals surface area contributed by atoms with E-state index in [2.05, 4.69) is 13.3 Å². The largest absolute Gasteiger partial charge is 0.509 e. The van der Waals surface area contributed by atoms with Crippen molar-refractivity contribution in [3.05, 3.63) is 0 Å². The van der Waals surface area contributed by atoms with Crippen molar-refractivity contribution in [2.75, 3.05) is 6.61 Å². The molecule has 0 aliphatic heterocycles. The van der Waals surface area contributed by atoms with Gasteiger partial charge < -0.3 is 13.3 Å². The summed E-state index contributed by atoms with van der Waals surface area (Å²) in [6, 6.07) is -0.894. The molecule has 0 aromatic carbocycles. The van der Waals surface area contributed by atoms with Gasteiger partial charge in [0.2, 0.25) is 0 Å². The molecular formula is C12H19F9O3Si. The molecule has 1 atom stereocenters. The third-order valence-electron chi connectivity index (χ3n) is 2.86. The Labute approximate surface area is 139 Å². The summed E-state index contributed by atoms with van der Waals surface area (Å²) in [4.78, 5) is 0. The molecule has 0 bridgehead atoms. The number of hydrogen-bond donors (Lipinski definition) is 0. The Morgan fingerprint density at radius 2 is 1.40 bits per heavy atom. The molecular weight excluding hydrogens is 391 g/mol. The van der Waals surface area contributed by atoms with Gasteiger partial charge in [-0.15, -0.1) is 0 Å². The van der Waals surface area contributed by atoms with Gasteiger partial charge in [-0.05, 0) is 13.3 Å². The first kappa shape index (κ1) is 24.5. The van der Waals surface area contributed by atoms with E-state index in [9.17, 15) is 39.5 Å². The average molecular weight is 410 g/mol. The van der Waals surface area contributed by atoms with Crippen LogP contribution in [0.3, 0.4) is 0 Å². The molecule has 0 heterocycles. The van der Waals surface area contributed by atoms with E-state index >= 15 is 0 Å². The molecule has 0 spiro atoms. The average Bonchev–Trinajstić information content (AvgIpc) is 2.41. The fourth-order valence-corrected chi connectivity index (χ4v) is 4.39. The van der Waals surface area contributed by atoms with Crippen LogP contribution >= 0.6 is 0 Å². The van der Waals surface area contributed by atoms with E-state index in [-0.39, 0.29) is 12.8 Å². The molecule has 0 saturated carbocycles. The molecule has 25 heavy (non-hydrogen) atoms. The van der Waals surface area contributed by atoms with Gasteiger partial charge in [-0.2, -0.15) is 30.7 Å². The smallest absolute Gasteiger partial charge is 0.374 e. The van der Waals surface area contributed by atoms with Crippen molar-refractivity contribution in [3.8, 4) is 0 Å². The Kier molecular flexibility index (Phi) is 9.22. The molecule has 152 valence electrons. The van der Waals surface area contributed by atoms with Gasteiger partial charge >= 0.3 is 33.6 Å². The lowest BCUT2D eigenvalue weighted by atomic mass is 10.2. The van der Waals surface area contributed by atoms with Gasteiger partial charge in [0.1, 0.15) is 0 Å². The Bertz CT molecular complexity index is 393. The second kappa shape index (κ2) is 9.42. The third kappa shape index (κ3) is 7.70. The summed E-state index contributed by atoms with van der Waals surface area (Å²) in [6.45, 7) is 2.20. The number of hydrogen-bond acceptors (Lipinski definition) is 3. The lowest BCUT2D eigenvalue weighted by molar-refractivity contribution is -0.380. The molecule has 0 saturated heterocycles. The summed E-state index contributed by atoms with van der Waals surface area (Å²) in [5.74, 6) is 0. The maximum absolute atomic E-state index is 13.2. The van der Waals surface area contributed by atoms with Crippen LogP contribution in [0.5, 0.6) is 0 Å². The van der Waals surface area contributed by atoms with Crippen LogP contribution in [-0.2, 0) is 13.3 Å². The van der Waals surface area contributed by atoms with Gasteiger partial charge in [0, 0.05) is 12.7 Å². The van der Waals surface area contributed by atoms with Crippen LogP contribution in [0.1, 0.15) is 39.5 Å². The van der Waals surface area contributed by atoms with E-state index in [1.165, 1.54) is 0 Å². The predicted molar refractivity (Wildman–Crippen MR) is 70.5 cm³/mol. The predicted octanol–water partition coefficient (Wildman–Crippen LogP) is 5.59. The fourth-order valence-electron chi connectivity index (χ4n) is 1.75. The van der Waals surface area contributed by atoms with Gasteiger partial charge in [-0.1, -0.05) is 26.2 Å². The Morgan fingerprint density at radius 3 is 1.80 bits per heavy atom. The molecule has 0 fully saturated rings. The zero-order valence-corrected chi connectivity index (χ0v) is 14.4. The van der Waals surface area contributed by atoms with E-state index in [1.807, 2.05) is 0 Å². The lowest BCUT2D eigenvalue weighted by Gasteiger charge is -2.35. The Hall–Kier alpha value is -0.533. The van der Waals surface area contributed by atoms with E-state index in [0.717, 1.165) is 6.92 Å². The monoisotopic (exact) mass is 410 g/mol.